The van der Waals surface area contributed by atoms with E-state index < -0.39 is 0 Å². The van der Waals surface area contributed by atoms with Crippen molar-refractivity contribution >= 4 is 0 Å². The number of aryl methyl sites for hydroxylation is 1. The molecular formula is C21H23N3O. The number of nitrogens with zero attached hydrogens (tertiary/aromatic N) is 3. The van der Waals surface area contributed by atoms with Crippen LogP contribution >= 0.6 is 0 Å². The zero-order valence-electron chi connectivity index (χ0n) is 14.5. The van der Waals surface area contributed by atoms with Crippen molar-refractivity contribution in [3.8, 4) is 17.0 Å². The van der Waals surface area contributed by atoms with Crippen LogP contribution in [-0.4, -0.2) is 32.9 Å². The van der Waals surface area contributed by atoms with Gasteiger partial charge in [-0.3, -0.25) is 9.58 Å². The molecule has 0 radical (unpaired) electrons. The number of benzene rings is 2. The van der Waals surface area contributed by atoms with Gasteiger partial charge in [0.2, 0.25) is 0 Å². The molecule has 0 bridgehead atoms. The molecule has 0 spiro atoms. The molecule has 0 fully saturated rings. The molecule has 0 unspecified atom stereocenters. The second kappa shape index (κ2) is 6.73. The van der Waals surface area contributed by atoms with Crippen LogP contribution in [0.4, 0.5) is 0 Å². The maximum atomic E-state index is 9.68. The van der Waals surface area contributed by atoms with Crippen LogP contribution in [-0.2, 0) is 26.4 Å². The van der Waals surface area contributed by atoms with E-state index in [9.17, 15) is 5.11 Å². The first-order chi connectivity index (χ1) is 12.2. The second-order valence-corrected chi connectivity index (χ2v) is 6.71. The number of fused-ring (bicyclic) bond motifs is 1. The number of phenolic OH excluding ortho intramolecular Hbond substituents is 1. The van der Waals surface area contributed by atoms with E-state index in [2.05, 4.69) is 47.0 Å². The summed E-state index contributed by atoms with van der Waals surface area (Å²) in [5.41, 5.74) is 6.20. The van der Waals surface area contributed by atoms with Crippen LogP contribution in [0.3, 0.4) is 0 Å². The average Bonchev–Trinajstić information content (AvgIpc) is 2.79. The molecule has 0 saturated heterocycles. The Morgan fingerprint density at radius 2 is 1.80 bits per heavy atom. The summed E-state index contributed by atoms with van der Waals surface area (Å²) in [4.78, 5) is 2.46. The van der Waals surface area contributed by atoms with Gasteiger partial charge in [0.15, 0.2) is 0 Å². The van der Waals surface area contributed by atoms with Gasteiger partial charge in [-0.25, -0.2) is 0 Å². The van der Waals surface area contributed by atoms with E-state index in [0.29, 0.717) is 5.75 Å². The molecule has 4 heteroatoms. The highest BCUT2D eigenvalue weighted by atomic mass is 16.3. The minimum absolute atomic E-state index is 0.339. The van der Waals surface area contributed by atoms with Gasteiger partial charge in [0.05, 0.1) is 5.69 Å². The lowest BCUT2D eigenvalue weighted by atomic mass is 10.0. The fourth-order valence-electron chi connectivity index (χ4n) is 3.72. The van der Waals surface area contributed by atoms with E-state index in [1.165, 1.54) is 16.8 Å². The summed E-state index contributed by atoms with van der Waals surface area (Å²) in [6, 6.07) is 18.0. The average molecular weight is 333 g/mol. The fourth-order valence-corrected chi connectivity index (χ4v) is 3.72. The first kappa shape index (κ1) is 15.9. The molecule has 1 N–H and O–H groups in total. The van der Waals surface area contributed by atoms with Crippen LogP contribution in [0.2, 0.25) is 0 Å². The van der Waals surface area contributed by atoms with Gasteiger partial charge >= 0.3 is 0 Å². The summed E-state index contributed by atoms with van der Waals surface area (Å²) >= 11 is 0. The Bertz CT molecular complexity index is 870. The number of rotatable bonds is 3. The summed E-state index contributed by atoms with van der Waals surface area (Å²) in [5.74, 6) is 0.339. The number of aromatic nitrogens is 2. The highest BCUT2D eigenvalue weighted by Crippen LogP contribution is 2.28. The van der Waals surface area contributed by atoms with E-state index in [1.807, 2.05) is 18.2 Å². The van der Waals surface area contributed by atoms with Crippen LogP contribution in [0.5, 0.6) is 5.75 Å². The summed E-state index contributed by atoms with van der Waals surface area (Å²) in [5, 5.41) is 14.5. The van der Waals surface area contributed by atoms with Crippen LogP contribution in [0.15, 0.2) is 54.6 Å². The highest BCUT2D eigenvalue weighted by molar-refractivity contribution is 5.64. The first-order valence-corrected chi connectivity index (χ1v) is 8.81. The molecule has 0 saturated carbocycles. The van der Waals surface area contributed by atoms with Crippen molar-refractivity contribution in [3.05, 3.63) is 71.4 Å². The Labute approximate surface area is 148 Å². The Balaban J connectivity index is 1.56. The van der Waals surface area contributed by atoms with Gasteiger partial charge in [0, 0.05) is 49.9 Å². The van der Waals surface area contributed by atoms with Crippen LogP contribution in [0, 0.1) is 0 Å². The Morgan fingerprint density at radius 1 is 1.00 bits per heavy atom. The number of hydrogen-bond acceptors (Lipinski definition) is 3. The molecule has 1 aliphatic rings. The van der Waals surface area contributed by atoms with E-state index in [-0.39, 0.29) is 0 Å². The zero-order valence-corrected chi connectivity index (χ0v) is 14.5. The number of phenols is 1. The van der Waals surface area contributed by atoms with Gasteiger partial charge in [0.25, 0.3) is 0 Å². The zero-order chi connectivity index (χ0) is 17.2. The van der Waals surface area contributed by atoms with Crippen molar-refractivity contribution in [2.45, 2.75) is 19.4 Å². The number of hydrogen-bond donors (Lipinski definition) is 1. The third-order valence-electron chi connectivity index (χ3n) is 4.98. The van der Waals surface area contributed by atoms with Gasteiger partial charge < -0.3 is 5.11 Å². The predicted octanol–water partition coefficient (Wildman–Crippen LogP) is 3.39. The summed E-state index contributed by atoms with van der Waals surface area (Å²) in [6.07, 6.45) is 2.01. The predicted molar refractivity (Wildman–Crippen MR) is 99.4 cm³/mol. The van der Waals surface area contributed by atoms with Crippen molar-refractivity contribution in [1.29, 1.82) is 0 Å². The lowest BCUT2D eigenvalue weighted by Crippen LogP contribution is -2.26. The fraction of sp³-hybridized carbons (Fsp3) is 0.286. The molecule has 4 rings (SSSR count). The smallest absolute Gasteiger partial charge is 0.115 e. The Hall–Kier alpha value is -2.59. The van der Waals surface area contributed by atoms with E-state index in [0.717, 1.165) is 43.7 Å². The molecule has 1 aromatic heterocycles. The molecule has 25 heavy (non-hydrogen) atoms. The summed E-state index contributed by atoms with van der Waals surface area (Å²) < 4.78 is 2.05. The minimum Gasteiger partial charge on any atom is -0.508 e. The third kappa shape index (κ3) is 3.30. The molecule has 0 amide bonds. The summed E-state index contributed by atoms with van der Waals surface area (Å²) in [7, 11) is 2.05. The van der Waals surface area contributed by atoms with Gasteiger partial charge in [-0.05, 0) is 24.1 Å². The lowest BCUT2D eigenvalue weighted by molar-refractivity contribution is 0.277. The van der Waals surface area contributed by atoms with E-state index in [4.69, 9.17) is 5.10 Å². The third-order valence-corrected chi connectivity index (χ3v) is 4.98. The van der Waals surface area contributed by atoms with Crippen molar-refractivity contribution in [3.63, 3.8) is 0 Å². The lowest BCUT2D eigenvalue weighted by Gasteiger charge is -2.20. The maximum Gasteiger partial charge on any atom is 0.115 e. The van der Waals surface area contributed by atoms with Gasteiger partial charge in [-0.15, -0.1) is 0 Å². The molecule has 2 heterocycles. The maximum absolute atomic E-state index is 9.68. The SMILES string of the molecule is Cn1nc(-c2ccccc2)c2c1CCN(Cc1cccc(O)c1)CC2. The van der Waals surface area contributed by atoms with Crippen molar-refractivity contribution in [2.75, 3.05) is 13.1 Å². The highest BCUT2D eigenvalue weighted by Gasteiger charge is 2.22. The largest absolute Gasteiger partial charge is 0.508 e. The molecule has 3 aromatic rings. The van der Waals surface area contributed by atoms with Crippen molar-refractivity contribution in [2.24, 2.45) is 7.05 Å². The van der Waals surface area contributed by atoms with E-state index in [1.54, 1.807) is 6.07 Å². The summed E-state index contributed by atoms with van der Waals surface area (Å²) in [6.45, 7) is 2.89. The molecular weight excluding hydrogens is 310 g/mol. The Kier molecular flexibility index (Phi) is 4.28. The minimum atomic E-state index is 0.339. The molecule has 1 aliphatic heterocycles. The molecule has 0 aliphatic carbocycles. The van der Waals surface area contributed by atoms with Crippen molar-refractivity contribution < 1.29 is 5.11 Å². The molecule has 0 atom stereocenters. The van der Waals surface area contributed by atoms with Crippen molar-refractivity contribution in [1.82, 2.24) is 14.7 Å². The second-order valence-electron chi connectivity index (χ2n) is 6.71. The molecule has 4 nitrogen and oxygen atoms in total. The standard InChI is InChI=1S/C21H23N3O/c1-23-20-11-13-24(15-16-6-5-9-18(25)14-16)12-10-19(20)21(22-23)17-7-3-2-4-8-17/h2-9,14,25H,10-13,15H2,1H3. The Morgan fingerprint density at radius 3 is 2.60 bits per heavy atom. The first-order valence-electron chi connectivity index (χ1n) is 8.81. The normalized spacial score (nSPS) is 14.9. The van der Waals surface area contributed by atoms with Gasteiger partial charge in [0.1, 0.15) is 5.75 Å². The van der Waals surface area contributed by atoms with Gasteiger partial charge in [-0.1, -0.05) is 42.5 Å². The van der Waals surface area contributed by atoms with Gasteiger partial charge in [-0.2, -0.15) is 5.10 Å². The van der Waals surface area contributed by atoms with Crippen LogP contribution in [0.25, 0.3) is 11.3 Å². The van der Waals surface area contributed by atoms with Crippen LogP contribution in [0.1, 0.15) is 16.8 Å². The monoisotopic (exact) mass is 333 g/mol. The van der Waals surface area contributed by atoms with E-state index >= 15 is 0 Å². The number of aromatic hydroxyl groups is 1. The van der Waals surface area contributed by atoms with Crippen LogP contribution < -0.4 is 0 Å². The molecule has 2 aromatic carbocycles. The molecule has 128 valence electrons. The topological polar surface area (TPSA) is 41.3 Å². The quantitative estimate of drug-likeness (QED) is 0.799.